The van der Waals surface area contributed by atoms with E-state index in [0.717, 1.165) is 5.56 Å². The number of hydrogen-bond acceptors (Lipinski definition) is 4. The Morgan fingerprint density at radius 1 is 1.30 bits per heavy atom. The summed E-state index contributed by atoms with van der Waals surface area (Å²) in [6.07, 6.45) is -0.942. The van der Waals surface area contributed by atoms with Crippen molar-refractivity contribution in [2.45, 2.75) is 30.9 Å². The molecule has 1 aromatic carbocycles. The molecule has 0 unspecified atom stereocenters. The molecule has 5 nitrogen and oxygen atoms in total. The highest BCUT2D eigenvalue weighted by Gasteiger charge is 2.33. The van der Waals surface area contributed by atoms with Crippen LogP contribution in [0.25, 0.3) is 0 Å². The van der Waals surface area contributed by atoms with Crippen molar-refractivity contribution < 1.29 is 18.6 Å². The number of benzene rings is 1. The molecule has 0 saturated carbocycles. The van der Waals surface area contributed by atoms with Crippen molar-refractivity contribution in [1.29, 1.82) is 0 Å². The van der Waals surface area contributed by atoms with Gasteiger partial charge in [-0.15, -0.1) is 0 Å². The molecule has 0 spiro atoms. The molecule has 0 aromatic heterocycles. The monoisotopic (exact) mass is 413 g/mol. The zero-order chi connectivity index (χ0) is 15.3. The summed E-state index contributed by atoms with van der Waals surface area (Å²) in [5.41, 5.74) is 0.971. The number of aryl methyl sites for hydroxylation is 1. The van der Waals surface area contributed by atoms with Crippen LogP contribution in [-0.4, -0.2) is 52.7 Å². The Balaban J connectivity index is 3.21. The minimum atomic E-state index is -3.73. The molecule has 1 rings (SSSR count). The van der Waals surface area contributed by atoms with Crippen molar-refractivity contribution in [1.82, 2.24) is 4.31 Å². The third-order valence-corrected chi connectivity index (χ3v) is 5.47. The summed E-state index contributed by atoms with van der Waals surface area (Å²) in [5.74, 6) is 0. The largest absolute Gasteiger partial charge is 0.395 e. The van der Waals surface area contributed by atoms with Crippen LogP contribution >= 0.6 is 22.6 Å². The Labute approximate surface area is 133 Å². The van der Waals surface area contributed by atoms with Gasteiger partial charge in [0.05, 0.1) is 23.6 Å². The van der Waals surface area contributed by atoms with Gasteiger partial charge in [-0.2, -0.15) is 4.31 Å². The van der Waals surface area contributed by atoms with Gasteiger partial charge >= 0.3 is 0 Å². The van der Waals surface area contributed by atoms with E-state index in [0.29, 0.717) is 4.43 Å². The molecule has 0 aliphatic heterocycles. The first kappa shape index (κ1) is 17.8. The first-order valence-electron chi connectivity index (χ1n) is 6.28. The van der Waals surface area contributed by atoms with Gasteiger partial charge in [0.1, 0.15) is 0 Å². The van der Waals surface area contributed by atoms with E-state index in [1.54, 1.807) is 24.3 Å². The highest BCUT2D eigenvalue weighted by molar-refractivity contribution is 14.1. The smallest absolute Gasteiger partial charge is 0.243 e. The van der Waals surface area contributed by atoms with Crippen LogP contribution in [-0.2, 0) is 10.0 Å². The van der Waals surface area contributed by atoms with Gasteiger partial charge < -0.3 is 10.2 Å². The molecule has 2 atom stereocenters. The van der Waals surface area contributed by atoms with Gasteiger partial charge in [0.2, 0.25) is 10.0 Å². The van der Waals surface area contributed by atoms with Crippen LogP contribution in [0, 0.1) is 6.92 Å². The van der Waals surface area contributed by atoms with Crippen molar-refractivity contribution in [2.24, 2.45) is 0 Å². The summed E-state index contributed by atoms with van der Waals surface area (Å²) in [5, 5.41) is 19.1. The average molecular weight is 413 g/mol. The number of alkyl halides is 1. The molecule has 0 fully saturated rings. The number of sulfonamides is 1. The summed E-state index contributed by atoms with van der Waals surface area (Å²) >= 11 is 2.07. The Morgan fingerprint density at radius 2 is 1.85 bits per heavy atom. The Kier molecular flexibility index (Phi) is 6.86. The number of nitrogens with zero attached hydrogens (tertiary/aromatic N) is 1. The molecular formula is C13H20INO4S. The maximum atomic E-state index is 12.6. The molecule has 2 N–H and O–H groups in total. The van der Waals surface area contributed by atoms with Crippen LogP contribution in [0.1, 0.15) is 12.5 Å². The Hall–Kier alpha value is -0.220. The topological polar surface area (TPSA) is 77.8 Å². The van der Waals surface area contributed by atoms with Crippen LogP contribution < -0.4 is 0 Å². The van der Waals surface area contributed by atoms with E-state index in [2.05, 4.69) is 22.6 Å². The number of aliphatic hydroxyl groups excluding tert-OH is 2. The second-order valence-corrected chi connectivity index (χ2v) is 7.58. The molecule has 20 heavy (non-hydrogen) atoms. The van der Waals surface area contributed by atoms with Crippen molar-refractivity contribution >= 4 is 32.6 Å². The van der Waals surface area contributed by atoms with Gasteiger partial charge in [0, 0.05) is 11.0 Å². The maximum absolute atomic E-state index is 12.6. The predicted molar refractivity (Wildman–Crippen MR) is 86.5 cm³/mol. The fourth-order valence-corrected chi connectivity index (χ4v) is 4.41. The molecular weight excluding hydrogens is 393 g/mol. The third-order valence-electron chi connectivity index (χ3n) is 3.05. The van der Waals surface area contributed by atoms with E-state index in [9.17, 15) is 18.6 Å². The summed E-state index contributed by atoms with van der Waals surface area (Å²) in [6, 6.07) is 5.70. The van der Waals surface area contributed by atoms with Crippen LogP contribution in [0.15, 0.2) is 29.2 Å². The first-order valence-corrected chi connectivity index (χ1v) is 9.24. The molecule has 0 aliphatic carbocycles. The van der Waals surface area contributed by atoms with E-state index in [4.69, 9.17) is 0 Å². The van der Waals surface area contributed by atoms with Crippen molar-refractivity contribution in [3.63, 3.8) is 0 Å². The lowest BCUT2D eigenvalue weighted by atomic mass is 10.2. The Bertz CT molecular complexity index is 516. The van der Waals surface area contributed by atoms with Crippen LogP contribution in [0.3, 0.4) is 0 Å². The predicted octanol–water partition coefficient (Wildman–Crippen LogP) is 1.16. The third kappa shape index (κ3) is 4.14. The quantitative estimate of drug-likeness (QED) is 0.520. The minimum absolute atomic E-state index is 0.173. The van der Waals surface area contributed by atoms with Crippen molar-refractivity contribution in [2.75, 3.05) is 17.6 Å². The van der Waals surface area contributed by atoms with Gasteiger partial charge in [0.15, 0.2) is 0 Å². The van der Waals surface area contributed by atoms with E-state index in [1.807, 2.05) is 6.92 Å². The standard InChI is InChI=1S/C13H20INO4S/c1-10-3-5-12(6-4-10)20(18,19)15(8-7-14)13(9-16)11(2)17/h3-6,11,13,16-17H,7-9H2,1-2H3/t11-,13-/m1/s1. The molecule has 0 radical (unpaired) electrons. The van der Waals surface area contributed by atoms with Gasteiger partial charge in [-0.3, -0.25) is 0 Å². The fraction of sp³-hybridized carbons (Fsp3) is 0.538. The SMILES string of the molecule is Cc1ccc(S(=O)(=O)N(CCI)[C@H](CO)[C@@H](C)O)cc1. The highest BCUT2D eigenvalue weighted by Crippen LogP contribution is 2.20. The van der Waals surface area contributed by atoms with Crippen molar-refractivity contribution in [3.05, 3.63) is 29.8 Å². The second kappa shape index (κ2) is 7.69. The lowest BCUT2D eigenvalue weighted by Crippen LogP contribution is -2.49. The average Bonchev–Trinajstić information content (AvgIpc) is 2.38. The normalized spacial score (nSPS) is 15.3. The van der Waals surface area contributed by atoms with Crippen LogP contribution in [0.2, 0.25) is 0 Å². The molecule has 114 valence electrons. The molecule has 0 heterocycles. The first-order chi connectivity index (χ1) is 9.34. The number of hydrogen-bond donors (Lipinski definition) is 2. The van der Waals surface area contributed by atoms with E-state index in [1.165, 1.54) is 11.2 Å². The van der Waals surface area contributed by atoms with E-state index in [-0.39, 0.29) is 11.4 Å². The molecule has 0 aliphatic rings. The fourth-order valence-electron chi connectivity index (χ4n) is 1.88. The van der Waals surface area contributed by atoms with Gasteiger partial charge in [-0.25, -0.2) is 8.42 Å². The summed E-state index contributed by atoms with van der Waals surface area (Å²) in [7, 11) is -3.73. The zero-order valence-electron chi connectivity index (χ0n) is 11.5. The van der Waals surface area contributed by atoms with Crippen LogP contribution in [0.5, 0.6) is 0 Å². The van der Waals surface area contributed by atoms with Crippen LogP contribution in [0.4, 0.5) is 0 Å². The van der Waals surface area contributed by atoms with Gasteiger partial charge in [0.25, 0.3) is 0 Å². The molecule has 1 aromatic rings. The number of halogens is 1. The number of rotatable bonds is 7. The Morgan fingerprint density at radius 3 is 2.25 bits per heavy atom. The minimum Gasteiger partial charge on any atom is -0.395 e. The maximum Gasteiger partial charge on any atom is 0.243 e. The zero-order valence-corrected chi connectivity index (χ0v) is 14.5. The summed E-state index contributed by atoms with van der Waals surface area (Å²) in [6.45, 7) is 3.18. The molecule has 0 saturated heterocycles. The van der Waals surface area contributed by atoms with Gasteiger partial charge in [-0.05, 0) is 26.0 Å². The van der Waals surface area contributed by atoms with E-state index >= 15 is 0 Å². The van der Waals surface area contributed by atoms with Crippen molar-refractivity contribution in [3.8, 4) is 0 Å². The molecule has 7 heteroatoms. The lowest BCUT2D eigenvalue weighted by Gasteiger charge is -2.31. The lowest BCUT2D eigenvalue weighted by molar-refractivity contribution is 0.0667. The van der Waals surface area contributed by atoms with Gasteiger partial charge in [-0.1, -0.05) is 40.3 Å². The van der Waals surface area contributed by atoms with E-state index < -0.39 is 28.8 Å². The molecule has 0 amide bonds. The molecule has 0 bridgehead atoms. The summed E-state index contributed by atoms with van der Waals surface area (Å²) < 4.78 is 27.0. The highest BCUT2D eigenvalue weighted by atomic mass is 127. The second-order valence-electron chi connectivity index (χ2n) is 4.61. The summed E-state index contributed by atoms with van der Waals surface area (Å²) in [4.78, 5) is 0.173. The number of aliphatic hydroxyl groups is 2.